The molecule has 18 heavy (non-hydrogen) atoms. The number of nitrogens with zero attached hydrogens (tertiary/aromatic N) is 2. The third-order valence-electron chi connectivity index (χ3n) is 3.54. The number of aryl methyl sites for hydroxylation is 2. The molecule has 3 rings (SSSR count). The molecule has 0 amide bonds. The Morgan fingerprint density at radius 1 is 1.11 bits per heavy atom. The van der Waals surface area contributed by atoms with Crippen LogP contribution in [0.5, 0.6) is 5.75 Å². The molecule has 94 valence electrons. The lowest BCUT2D eigenvalue weighted by molar-refractivity contribution is 0.415. The maximum atomic E-state index is 5.18. The minimum atomic E-state index is 0.888. The average Bonchev–Trinajstić information content (AvgIpc) is 2.70. The molecule has 0 atom stereocenters. The van der Waals surface area contributed by atoms with E-state index in [0.29, 0.717) is 0 Å². The van der Waals surface area contributed by atoms with Gasteiger partial charge in [0, 0.05) is 24.7 Å². The van der Waals surface area contributed by atoms with Crippen molar-refractivity contribution < 1.29 is 4.74 Å². The van der Waals surface area contributed by atoms with Gasteiger partial charge < -0.3 is 9.30 Å². The molecule has 0 saturated carbocycles. The van der Waals surface area contributed by atoms with Crippen molar-refractivity contribution >= 4 is 0 Å². The van der Waals surface area contributed by atoms with Crippen LogP contribution in [-0.4, -0.2) is 16.7 Å². The summed E-state index contributed by atoms with van der Waals surface area (Å²) in [6, 6.07) is 8.11. The summed E-state index contributed by atoms with van der Waals surface area (Å²) in [7, 11) is 1.69. The Morgan fingerprint density at radius 3 is 2.72 bits per heavy atom. The van der Waals surface area contributed by atoms with Gasteiger partial charge in [-0.15, -0.1) is 0 Å². The topological polar surface area (TPSA) is 27.1 Å². The first-order valence-corrected chi connectivity index (χ1v) is 6.57. The second-order valence-electron chi connectivity index (χ2n) is 4.77. The minimum Gasteiger partial charge on any atom is -0.497 e. The minimum absolute atomic E-state index is 0.888. The fourth-order valence-electron chi connectivity index (χ4n) is 2.49. The van der Waals surface area contributed by atoms with Crippen molar-refractivity contribution in [3.63, 3.8) is 0 Å². The number of methoxy groups -OCH3 is 1. The first-order valence-electron chi connectivity index (χ1n) is 6.57. The summed E-state index contributed by atoms with van der Waals surface area (Å²) < 4.78 is 7.49. The van der Waals surface area contributed by atoms with E-state index in [1.807, 2.05) is 12.1 Å². The summed E-state index contributed by atoms with van der Waals surface area (Å²) >= 11 is 0. The van der Waals surface area contributed by atoms with Gasteiger partial charge in [0.05, 0.1) is 12.8 Å². The van der Waals surface area contributed by atoms with Crippen LogP contribution in [0, 0.1) is 0 Å². The number of hydrogen-bond donors (Lipinski definition) is 0. The van der Waals surface area contributed by atoms with Gasteiger partial charge in [0.2, 0.25) is 0 Å². The van der Waals surface area contributed by atoms with Gasteiger partial charge in [-0.2, -0.15) is 0 Å². The quantitative estimate of drug-likeness (QED) is 0.808. The van der Waals surface area contributed by atoms with E-state index in [-0.39, 0.29) is 0 Å². The molecule has 0 bridgehead atoms. The molecule has 0 saturated heterocycles. The Bertz CT molecular complexity index is 504. The highest BCUT2D eigenvalue weighted by Gasteiger charge is 2.12. The maximum Gasteiger partial charge on any atom is 0.118 e. The number of benzene rings is 1. The van der Waals surface area contributed by atoms with Crippen LogP contribution >= 0.6 is 0 Å². The molecule has 2 aromatic rings. The Balaban J connectivity index is 1.91. The fraction of sp³-hybridized carbons (Fsp3) is 0.400. The molecule has 0 spiro atoms. The predicted molar refractivity (Wildman–Crippen MR) is 71.8 cm³/mol. The summed E-state index contributed by atoms with van der Waals surface area (Å²) in [5, 5.41) is 0. The third-order valence-corrected chi connectivity index (χ3v) is 3.54. The molecule has 0 fully saturated rings. The normalized spacial score (nSPS) is 14.9. The van der Waals surface area contributed by atoms with Gasteiger partial charge in [-0.1, -0.05) is 6.42 Å². The van der Waals surface area contributed by atoms with E-state index in [4.69, 9.17) is 9.72 Å². The highest BCUT2D eigenvalue weighted by molar-refractivity contribution is 5.59. The molecule has 1 aliphatic rings. The van der Waals surface area contributed by atoms with Crippen molar-refractivity contribution in [2.24, 2.45) is 0 Å². The number of ether oxygens (including phenoxy) is 1. The molecule has 0 N–H and O–H groups in total. The standard InChI is InChI=1S/C15H18N2O/c1-18-13-8-6-12(7-9-13)14-11-17-10-4-2-3-5-15(17)16-14/h6-9,11H,2-5,10H2,1H3. The van der Waals surface area contributed by atoms with Crippen molar-refractivity contribution in [2.45, 2.75) is 32.2 Å². The summed E-state index contributed by atoms with van der Waals surface area (Å²) in [6.07, 6.45) is 7.14. The van der Waals surface area contributed by atoms with E-state index < -0.39 is 0 Å². The fourth-order valence-corrected chi connectivity index (χ4v) is 2.49. The van der Waals surface area contributed by atoms with Crippen LogP contribution in [0.1, 0.15) is 25.1 Å². The van der Waals surface area contributed by atoms with E-state index in [9.17, 15) is 0 Å². The number of fused-ring (bicyclic) bond motifs is 1. The monoisotopic (exact) mass is 242 g/mol. The van der Waals surface area contributed by atoms with Crippen LogP contribution in [0.3, 0.4) is 0 Å². The van der Waals surface area contributed by atoms with Crippen molar-refractivity contribution in [3.05, 3.63) is 36.3 Å². The smallest absolute Gasteiger partial charge is 0.118 e. The van der Waals surface area contributed by atoms with Crippen LogP contribution < -0.4 is 4.74 Å². The molecule has 3 nitrogen and oxygen atoms in total. The lowest BCUT2D eigenvalue weighted by Gasteiger charge is -2.01. The number of aromatic nitrogens is 2. The first-order chi connectivity index (χ1) is 8.86. The molecule has 1 aromatic carbocycles. The molecule has 0 aliphatic carbocycles. The SMILES string of the molecule is COc1ccc(-c2cn3c(n2)CCCCC3)cc1. The molecular weight excluding hydrogens is 224 g/mol. The Morgan fingerprint density at radius 2 is 1.94 bits per heavy atom. The molecule has 3 heteroatoms. The van der Waals surface area contributed by atoms with Crippen LogP contribution in [0.2, 0.25) is 0 Å². The molecule has 1 aliphatic heterocycles. The van der Waals surface area contributed by atoms with E-state index in [1.54, 1.807) is 7.11 Å². The molecule has 0 unspecified atom stereocenters. The van der Waals surface area contributed by atoms with Gasteiger partial charge in [-0.05, 0) is 37.1 Å². The van der Waals surface area contributed by atoms with Gasteiger partial charge >= 0.3 is 0 Å². The second kappa shape index (κ2) is 4.84. The summed E-state index contributed by atoms with van der Waals surface area (Å²) in [6.45, 7) is 1.11. The van der Waals surface area contributed by atoms with Crippen molar-refractivity contribution in [3.8, 4) is 17.0 Å². The van der Waals surface area contributed by atoms with Crippen LogP contribution in [0.4, 0.5) is 0 Å². The highest BCUT2D eigenvalue weighted by Crippen LogP contribution is 2.24. The highest BCUT2D eigenvalue weighted by atomic mass is 16.5. The zero-order valence-corrected chi connectivity index (χ0v) is 10.7. The lowest BCUT2D eigenvalue weighted by atomic mass is 10.1. The van der Waals surface area contributed by atoms with E-state index >= 15 is 0 Å². The van der Waals surface area contributed by atoms with Gasteiger partial charge in [0.1, 0.15) is 11.6 Å². The van der Waals surface area contributed by atoms with Crippen molar-refractivity contribution in [1.82, 2.24) is 9.55 Å². The summed E-state index contributed by atoms with van der Waals surface area (Å²) in [5.74, 6) is 2.12. The van der Waals surface area contributed by atoms with Crippen LogP contribution in [-0.2, 0) is 13.0 Å². The Labute approximate surface area is 107 Å². The zero-order valence-electron chi connectivity index (χ0n) is 10.7. The molecule has 2 heterocycles. The number of hydrogen-bond acceptors (Lipinski definition) is 2. The summed E-state index contributed by atoms with van der Waals surface area (Å²) in [4.78, 5) is 4.76. The maximum absolute atomic E-state index is 5.18. The van der Waals surface area contributed by atoms with Crippen LogP contribution in [0.15, 0.2) is 30.5 Å². The largest absolute Gasteiger partial charge is 0.497 e. The van der Waals surface area contributed by atoms with E-state index in [0.717, 1.165) is 30.0 Å². The lowest BCUT2D eigenvalue weighted by Crippen LogP contribution is -1.98. The van der Waals surface area contributed by atoms with Crippen LogP contribution in [0.25, 0.3) is 11.3 Å². The third kappa shape index (κ3) is 2.13. The van der Waals surface area contributed by atoms with Crippen molar-refractivity contribution in [2.75, 3.05) is 7.11 Å². The van der Waals surface area contributed by atoms with Gasteiger partial charge in [0.15, 0.2) is 0 Å². The van der Waals surface area contributed by atoms with Gasteiger partial charge in [-0.3, -0.25) is 0 Å². The van der Waals surface area contributed by atoms with Gasteiger partial charge in [0.25, 0.3) is 0 Å². The average molecular weight is 242 g/mol. The first kappa shape index (κ1) is 11.3. The Hall–Kier alpha value is -1.77. The number of imidazole rings is 1. The molecule has 1 aromatic heterocycles. The zero-order chi connectivity index (χ0) is 12.4. The Kier molecular flexibility index (Phi) is 3.05. The molecular formula is C15H18N2O. The van der Waals surface area contributed by atoms with Crippen molar-refractivity contribution in [1.29, 1.82) is 0 Å². The second-order valence-corrected chi connectivity index (χ2v) is 4.77. The number of rotatable bonds is 2. The van der Waals surface area contributed by atoms with E-state index in [1.165, 1.54) is 25.1 Å². The molecule has 0 radical (unpaired) electrons. The summed E-state index contributed by atoms with van der Waals surface area (Å²) in [5.41, 5.74) is 2.24. The predicted octanol–water partition coefficient (Wildman–Crippen LogP) is 3.29. The van der Waals surface area contributed by atoms with E-state index in [2.05, 4.69) is 22.9 Å². The van der Waals surface area contributed by atoms with Gasteiger partial charge in [-0.25, -0.2) is 4.98 Å².